The lowest BCUT2D eigenvalue weighted by Crippen LogP contribution is -2.51. The van der Waals surface area contributed by atoms with E-state index in [1.807, 2.05) is 18.2 Å². The van der Waals surface area contributed by atoms with Crippen molar-refractivity contribution in [1.82, 2.24) is 20.2 Å². The molecule has 0 radical (unpaired) electrons. The van der Waals surface area contributed by atoms with Crippen molar-refractivity contribution in [1.29, 1.82) is 0 Å². The van der Waals surface area contributed by atoms with Crippen LogP contribution in [0.2, 0.25) is 5.02 Å². The molecule has 2 bridgehead atoms. The Kier molecular flexibility index (Phi) is 6.02. The maximum absolute atomic E-state index is 16.7. The van der Waals surface area contributed by atoms with Gasteiger partial charge in [-0.05, 0) is 86.8 Å². The van der Waals surface area contributed by atoms with Crippen molar-refractivity contribution in [2.75, 3.05) is 37.7 Å². The normalized spacial score (nSPS) is 23.5. The zero-order chi connectivity index (χ0) is 27.7. The number of benzene rings is 3. The number of fused-ring (bicyclic) bond motifs is 5. The molecule has 0 saturated carbocycles. The van der Waals surface area contributed by atoms with Crippen molar-refractivity contribution in [2.24, 2.45) is 0 Å². The number of halogens is 2. The summed E-state index contributed by atoms with van der Waals surface area (Å²) in [4.78, 5) is 14.4. The van der Waals surface area contributed by atoms with E-state index in [-0.39, 0.29) is 22.8 Å². The second-order valence-electron chi connectivity index (χ2n) is 12.2. The van der Waals surface area contributed by atoms with E-state index in [9.17, 15) is 5.11 Å². The molecule has 9 heteroatoms. The highest BCUT2D eigenvalue weighted by Gasteiger charge is 2.45. The van der Waals surface area contributed by atoms with E-state index in [0.29, 0.717) is 45.6 Å². The summed E-state index contributed by atoms with van der Waals surface area (Å²) >= 11 is 6.60. The first kappa shape index (κ1) is 25.5. The largest absolute Gasteiger partial charge is 0.508 e. The van der Waals surface area contributed by atoms with Crippen molar-refractivity contribution in [3.8, 4) is 22.9 Å². The monoisotopic (exact) mass is 573 g/mol. The van der Waals surface area contributed by atoms with E-state index in [4.69, 9.17) is 26.3 Å². The Morgan fingerprint density at radius 1 is 1.02 bits per heavy atom. The second-order valence-corrected chi connectivity index (χ2v) is 12.6. The third-order valence-corrected chi connectivity index (χ3v) is 10.1. The molecule has 3 aromatic carbocycles. The Hall–Kier alpha value is -3.20. The summed E-state index contributed by atoms with van der Waals surface area (Å²) in [5, 5.41) is 16.8. The summed E-state index contributed by atoms with van der Waals surface area (Å²) < 4.78 is 23.1. The summed E-state index contributed by atoms with van der Waals surface area (Å²) in [7, 11) is 0. The fraction of sp³-hybridized carbons (Fsp3) is 0.438. The average Bonchev–Trinajstić information content (AvgIpc) is 3.65. The molecule has 4 fully saturated rings. The van der Waals surface area contributed by atoms with Crippen molar-refractivity contribution >= 4 is 39.1 Å². The highest BCUT2D eigenvalue weighted by molar-refractivity contribution is 6.36. The molecule has 212 valence electrons. The Bertz CT molecular complexity index is 1660. The Morgan fingerprint density at radius 2 is 1.80 bits per heavy atom. The van der Waals surface area contributed by atoms with E-state index in [0.717, 1.165) is 63.1 Å². The van der Waals surface area contributed by atoms with E-state index in [1.165, 1.54) is 12.8 Å². The smallest absolute Gasteiger partial charge is 0.319 e. The number of aromatic hydroxyl groups is 1. The number of aromatic nitrogens is 2. The first-order chi connectivity index (χ1) is 20.0. The maximum atomic E-state index is 16.7. The van der Waals surface area contributed by atoms with Gasteiger partial charge >= 0.3 is 6.01 Å². The summed E-state index contributed by atoms with van der Waals surface area (Å²) in [5.74, 6) is 0.303. The highest BCUT2D eigenvalue weighted by atomic mass is 35.5. The molecule has 1 aromatic heterocycles. The fourth-order valence-electron chi connectivity index (χ4n) is 7.85. The Labute approximate surface area is 243 Å². The third kappa shape index (κ3) is 4.22. The van der Waals surface area contributed by atoms with Crippen molar-refractivity contribution < 1.29 is 14.2 Å². The molecule has 5 heterocycles. The van der Waals surface area contributed by atoms with Gasteiger partial charge in [-0.2, -0.15) is 9.97 Å². The minimum absolute atomic E-state index is 0.0320. The van der Waals surface area contributed by atoms with Crippen LogP contribution in [0.25, 0.3) is 32.8 Å². The van der Waals surface area contributed by atoms with Gasteiger partial charge in [0.1, 0.15) is 23.7 Å². The molecule has 0 amide bonds. The van der Waals surface area contributed by atoms with E-state index >= 15 is 4.39 Å². The molecule has 2 N–H and O–H groups in total. The SMILES string of the molecule is Oc1cc(-c2ccc3c(N4C[C@H]5CC[C@@H](C4)N5)nc(OCC45CCCN4CCC5)nc3c2F)c2c(Cl)cccc2c1. The molecule has 0 unspecified atom stereocenters. The third-order valence-electron chi connectivity index (χ3n) is 9.76. The first-order valence-corrected chi connectivity index (χ1v) is 15.2. The van der Waals surface area contributed by atoms with Crippen LogP contribution in [-0.4, -0.2) is 70.4 Å². The van der Waals surface area contributed by atoms with Crippen molar-refractivity contribution in [3.63, 3.8) is 0 Å². The summed E-state index contributed by atoms with van der Waals surface area (Å²) in [6.07, 6.45) is 6.84. The molecule has 4 saturated heterocycles. The molecular formula is C32H33ClFN5O2. The summed E-state index contributed by atoms with van der Waals surface area (Å²) in [5.41, 5.74) is 1.12. The Balaban J connectivity index is 1.26. The lowest BCUT2D eigenvalue weighted by molar-refractivity contribution is 0.108. The van der Waals surface area contributed by atoms with Gasteiger partial charge in [0.15, 0.2) is 5.82 Å². The van der Waals surface area contributed by atoms with Crippen LogP contribution >= 0.6 is 11.6 Å². The van der Waals surface area contributed by atoms with Gasteiger partial charge in [-0.1, -0.05) is 29.8 Å². The summed E-state index contributed by atoms with van der Waals surface area (Å²) in [6, 6.07) is 13.4. The number of phenols is 1. The van der Waals surface area contributed by atoms with E-state index in [1.54, 1.807) is 24.3 Å². The zero-order valence-corrected chi connectivity index (χ0v) is 23.6. The predicted molar refractivity (Wildman–Crippen MR) is 160 cm³/mol. The number of ether oxygens (including phenoxy) is 1. The number of piperazine rings is 1. The van der Waals surface area contributed by atoms with Gasteiger partial charge < -0.3 is 20.1 Å². The number of nitrogens with zero attached hydrogens (tertiary/aromatic N) is 4. The zero-order valence-electron chi connectivity index (χ0n) is 22.9. The predicted octanol–water partition coefficient (Wildman–Crippen LogP) is 5.90. The lowest BCUT2D eigenvalue weighted by atomic mass is 9.95. The lowest BCUT2D eigenvalue weighted by Gasteiger charge is -2.34. The van der Waals surface area contributed by atoms with Crippen LogP contribution < -0.4 is 15.0 Å². The van der Waals surface area contributed by atoms with Crippen LogP contribution in [-0.2, 0) is 0 Å². The Morgan fingerprint density at radius 3 is 2.59 bits per heavy atom. The van der Waals surface area contributed by atoms with Crippen LogP contribution in [0, 0.1) is 5.82 Å². The molecule has 41 heavy (non-hydrogen) atoms. The van der Waals surface area contributed by atoms with E-state index < -0.39 is 5.82 Å². The minimum atomic E-state index is -0.470. The molecule has 4 aliphatic heterocycles. The van der Waals surface area contributed by atoms with Crippen LogP contribution in [0.4, 0.5) is 10.2 Å². The standard InChI is InChI=1S/C32H33ClFN5O2/c33-26-5-1-4-19-14-22(40)15-25(27(19)26)23-8-9-24-29(28(23)34)36-31(41-18-32-10-2-12-39(32)13-3-11-32)37-30(24)38-16-20-6-7-21(17-38)35-20/h1,4-5,8-9,14-15,20-21,35,40H,2-3,6-7,10-13,16-18H2/t20-,21+. The number of rotatable bonds is 5. The molecule has 0 spiro atoms. The minimum Gasteiger partial charge on any atom is -0.508 e. The number of hydrogen-bond acceptors (Lipinski definition) is 7. The summed E-state index contributed by atoms with van der Waals surface area (Å²) in [6.45, 7) is 4.36. The molecule has 2 atom stereocenters. The molecule has 4 aromatic rings. The average molecular weight is 574 g/mol. The van der Waals surface area contributed by atoms with Gasteiger partial charge in [0.2, 0.25) is 0 Å². The maximum Gasteiger partial charge on any atom is 0.319 e. The van der Waals surface area contributed by atoms with Gasteiger partial charge in [-0.3, -0.25) is 4.90 Å². The van der Waals surface area contributed by atoms with Crippen LogP contribution in [0.3, 0.4) is 0 Å². The van der Waals surface area contributed by atoms with Gasteiger partial charge in [-0.15, -0.1) is 0 Å². The number of nitrogens with one attached hydrogen (secondary N) is 1. The van der Waals surface area contributed by atoms with Crippen LogP contribution in [0.1, 0.15) is 38.5 Å². The highest BCUT2D eigenvalue weighted by Crippen LogP contribution is 2.42. The second kappa shape index (κ2) is 9.68. The van der Waals surface area contributed by atoms with Gasteiger partial charge in [0, 0.05) is 46.5 Å². The van der Waals surface area contributed by atoms with Gasteiger partial charge in [0.25, 0.3) is 0 Å². The number of hydrogen-bond donors (Lipinski definition) is 2. The topological polar surface area (TPSA) is 73.8 Å². The van der Waals surface area contributed by atoms with Gasteiger partial charge in [0.05, 0.1) is 5.54 Å². The molecular weight excluding hydrogens is 541 g/mol. The van der Waals surface area contributed by atoms with Crippen LogP contribution in [0.15, 0.2) is 42.5 Å². The molecule has 0 aliphatic carbocycles. The quantitative estimate of drug-likeness (QED) is 0.308. The van der Waals surface area contributed by atoms with Gasteiger partial charge in [-0.25, -0.2) is 4.39 Å². The van der Waals surface area contributed by atoms with Crippen molar-refractivity contribution in [3.05, 3.63) is 53.3 Å². The fourth-order valence-corrected chi connectivity index (χ4v) is 8.13. The first-order valence-electron chi connectivity index (χ1n) is 14.8. The number of phenolic OH excluding ortho intramolecular Hbond substituents is 1. The van der Waals surface area contributed by atoms with Crippen molar-refractivity contribution in [2.45, 2.75) is 56.1 Å². The van der Waals surface area contributed by atoms with Crippen LogP contribution in [0.5, 0.6) is 11.8 Å². The molecule has 4 aliphatic rings. The molecule has 8 rings (SSSR count). The molecule has 7 nitrogen and oxygen atoms in total. The van der Waals surface area contributed by atoms with E-state index in [2.05, 4.69) is 15.1 Å². The number of anilines is 1.